The molecule has 0 saturated heterocycles. The van der Waals surface area contributed by atoms with Gasteiger partial charge in [0.05, 0.1) is 11.6 Å². The van der Waals surface area contributed by atoms with E-state index in [9.17, 15) is 9.59 Å². The van der Waals surface area contributed by atoms with Gasteiger partial charge >= 0.3 is 5.97 Å². The van der Waals surface area contributed by atoms with Gasteiger partial charge in [0.1, 0.15) is 5.01 Å². The number of carboxylic acids is 1. The van der Waals surface area contributed by atoms with Crippen molar-refractivity contribution in [3.8, 4) is 0 Å². The van der Waals surface area contributed by atoms with Gasteiger partial charge in [-0.3, -0.25) is 4.79 Å². The molecule has 1 unspecified atom stereocenters. The fourth-order valence-electron chi connectivity index (χ4n) is 1.77. The van der Waals surface area contributed by atoms with Gasteiger partial charge in [0.15, 0.2) is 5.69 Å². The first kappa shape index (κ1) is 13.0. The molecule has 4 N–H and O–H groups in total. The minimum Gasteiger partial charge on any atom is -0.476 e. The number of carboxylic acid groups (broad SMARTS) is 1. The summed E-state index contributed by atoms with van der Waals surface area (Å²) in [4.78, 5) is 26.6. The minimum atomic E-state index is -1.06. The first-order valence-electron chi connectivity index (χ1n) is 5.71. The summed E-state index contributed by atoms with van der Waals surface area (Å²) in [6, 6.07) is -0.323. The number of hydrogen-bond donors (Lipinski definition) is 3. The Morgan fingerprint density at radius 3 is 2.72 bits per heavy atom. The van der Waals surface area contributed by atoms with Crippen LogP contribution in [0.15, 0.2) is 5.38 Å². The monoisotopic (exact) mass is 269 g/mol. The van der Waals surface area contributed by atoms with Crippen LogP contribution in [0.4, 0.5) is 0 Å². The number of amides is 1. The first-order valence-corrected chi connectivity index (χ1v) is 6.59. The second kappa shape index (κ2) is 4.66. The smallest absolute Gasteiger partial charge is 0.355 e. The van der Waals surface area contributed by atoms with Crippen molar-refractivity contribution in [2.75, 3.05) is 0 Å². The average Bonchev–Trinajstić information content (AvgIpc) is 2.74. The molecular weight excluding hydrogens is 254 g/mol. The van der Waals surface area contributed by atoms with Gasteiger partial charge in [-0.15, -0.1) is 11.3 Å². The zero-order valence-electron chi connectivity index (χ0n) is 9.97. The maximum atomic E-state index is 11.9. The lowest BCUT2D eigenvalue weighted by molar-refractivity contribution is -0.129. The Morgan fingerprint density at radius 2 is 2.28 bits per heavy atom. The molecule has 7 heteroatoms. The van der Waals surface area contributed by atoms with E-state index in [0.717, 1.165) is 6.42 Å². The molecule has 2 rings (SSSR count). The largest absolute Gasteiger partial charge is 0.476 e. The van der Waals surface area contributed by atoms with Crippen LogP contribution < -0.4 is 11.1 Å². The normalized spacial score (nSPS) is 18.8. The van der Waals surface area contributed by atoms with E-state index < -0.39 is 11.5 Å². The summed E-state index contributed by atoms with van der Waals surface area (Å²) in [5.74, 6) is -1.25. The number of carbonyl (C=O) groups is 2. The number of nitrogens with two attached hydrogens (primary N) is 1. The van der Waals surface area contributed by atoms with Crippen molar-refractivity contribution >= 4 is 23.2 Å². The van der Waals surface area contributed by atoms with Gasteiger partial charge in [0, 0.05) is 5.38 Å². The Morgan fingerprint density at radius 1 is 1.61 bits per heavy atom. The van der Waals surface area contributed by atoms with Crippen molar-refractivity contribution in [2.24, 2.45) is 5.73 Å². The summed E-state index contributed by atoms with van der Waals surface area (Å²) in [6.07, 6.45) is 2.37. The van der Waals surface area contributed by atoms with Gasteiger partial charge in [0.25, 0.3) is 0 Å². The highest BCUT2D eigenvalue weighted by molar-refractivity contribution is 7.09. The van der Waals surface area contributed by atoms with Gasteiger partial charge in [-0.05, 0) is 26.2 Å². The molecule has 1 atom stereocenters. The SMILES string of the molecule is CC(NC(=O)C1(N)CCC1)c1nc(C(=O)O)cs1. The minimum absolute atomic E-state index is 0.00204. The van der Waals surface area contributed by atoms with Crippen LogP contribution in [0.5, 0.6) is 0 Å². The quantitative estimate of drug-likeness (QED) is 0.753. The molecule has 0 spiro atoms. The van der Waals surface area contributed by atoms with E-state index in [1.807, 2.05) is 0 Å². The maximum Gasteiger partial charge on any atom is 0.355 e. The number of aromatic carboxylic acids is 1. The molecule has 1 aromatic heterocycles. The van der Waals surface area contributed by atoms with Crippen LogP contribution in [0.2, 0.25) is 0 Å². The van der Waals surface area contributed by atoms with Crippen LogP contribution >= 0.6 is 11.3 Å². The number of carbonyl (C=O) groups excluding carboxylic acids is 1. The van der Waals surface area contributed by atoms with Gasteiger partial charge in [-0.25, -0.2) is 9.78 Å². The summed E-state index contributed by atoms with van der Waals surface area (Å²) in [5.41, 5.74) is 5.16. The number of aromatic nitrogens is 1. The van der Waals surface area contributed by atoms with Crippen LogP contribution in [0, 0.1) is 0 Å². The Kier molecular flexibility index (Phi) is 3.36. The molecule has 1 saturated carbocycles. The molecule has 0 aliphatic heterocycles. The fourth-order valence-corrected chi connectivity index (χ4v) is 2.57. The van der Waals surface area contributed by atoms with Crippen LogP contribution in [0.25, 0.3) is 0 Å². The molecule has 0 radical (unpaired) electrons. The Hall–Kier alpha value is -1.47. The third-order valence-electron chi connectivity index (χ3n) is 3.16. The topological polar surface area (TPSA) is 105 Å². The highest BCUT2D eigenvalue weighted by Crippen LogP contribution is 2.30. The predicted molar refractivity (Wildman–Crippen MR) is 66.4 cm³/mol. The van der Waals surface area contributed by atoms with E-state index >= 15 is 0 Å². The number of thiazole rings is 1. The van der Waals surface area contributed by atoms with Gasteiger partial charge in [-0.1, -0.05) is 0 Å². The molecule has 98 valence electrons. The number of nitrogens with zero attached hydrogens (tertiary/aromatic N) is 1. The van der Waals surface area contributed by atoms with Crippen molar-refractivity contribution in [3.05, 3.63) is 16.1 Å². The molecular formula is C11H15N3O3S. The van der Waals surface area contributed by atoms with Gasteiger partial charge in [-0.2, -0.15) is 0 Å². The molecule has 6 nitrogen and oxygen atoms in total. The zero-order chi connectivity index (χ0) is 13.3. The van der Waals surface area contributed by atoms with Crippen molar-refractivity contribution in [1.82, 2.24) is 10.3 Å². The van der Waals surface area contributed by atoms with E-state index in [1.54, 1.807) is 6.92 Å². The molecule has 1 amide bonds. The number of rotatable bonds is 4. The second-order valence-electron chi connectivity index (χ2n) is 4.58. The average molecular weight is 269 g/mol. The molecule has 1 aliphatic rings. The lowest BCUT2D eigenvalue weighted by atomic mass is 9.77. The van der Waals surface area contributed by atoms with Gasteiger partial charge < -0.3 is 16.2 Å². The molecule has 1 fully saturated rings. The van der Waals surface area contributed by atoms with Gasteiger partial charge in [0.2, 0.25) is 5.91 Å². The highest BCUT2D eigenvalue weighted by Gasteiger charge is 2.40. The summed E-state index contributed by atoms with van der Waals surface area (Å²) in [5, 5.41) is 13.6. The van der Waals surface area contributed by atoms with Crippen LogP contribution in [0.1, 0.15) is 47.7 Å². The summed E-state index contributed by atoms with van der Waals surface area (Å²) >= 11 is 1.22. The Bertz CT molecular complexity index is 482. The Labute approximate surface area is 108 Å². The van der Waals surface area contributed by atoms with Crippen molar-refractivity contribution in [3.63, 3.8) is 0 Å². The second-order valence-corrected chi connectivity index (χ2v) is 5.47. The Balaban J connectivity index is 2.00. The van der Waals surface area contributed by atoms with Crippen molar-refractivity contribution in [2.45, 2.75) is 37.8 Å². The standard InChI is InChI=1S/C11H15N3O3S/c1-6(8-14-7(5-18-8)9(15)16)13-10(17)11(12)3-2-4-11/h5-6H,2-4,12H2,1H3,(H,13,17)(H,15,16). The predicted octanol–water partition coefficient (Wildman–Crippen LogP) is 0.900. The van der Waals surface area contributed by atoms with E-state index in [1.165, 1.54) is 16.7 Å². The van der Waals surface area contributed by atoms with E-state index in [4.69, 9.17) is 10.8 Å². The van der Waals surface area contributed by atoms with E-state index in [2.05, 4.69) is 10.3 Å². The number of nitrogens with one attached hydrogen (secondary N) is 1. The van der Waals surface area contributed by atoms with Crippen LogP contribution in [0.3, 0.4) is 0 Å². The lowest BCUT2D eigenvalue weighted by Crippen LogP contribution is -2.58. The molecule has 18 heavy (non-hydrogen) atoms. The highest BCUT2D eigenvalue weighted by atomic mass is 32.1. The van der Waals surface area contributed by atoms with Crippen molar-refractivity contribution in [1.29, 1.82) is 0 Å². The summed E-state index contributed by atoms with van der Waals surface area (Å²) < 4.78 is 0. The molecule has 1 aliphatic carbocycles. The molecule has 1 aromatic rings. The fraction of sp³-hybridized carbons (Fsp3) is 0.545. The van der Waals surface area contributed by atoms with E-state index in [-0.39, 0.29) is 17.6 Å². The summed E-state index contributed by atoms with van der Waals surface area (Å²) in [6.45, 7) is 1.77. The van der Waals surface area contributed by atoms with E-state index in [0.29, 0.717) is 17.8 Å². The first-order chi connectivity index (χ1) is 8.42. The summed E-state index contributed by atoms with van der Waals surface area (Å²) in [7, 11) is 0. The van der Waals surface area contributed by atoms with Crippen molar-refractivity contribution < 1.29 is 14.7 Å². The maximum absolute atomic E-state index is 11.9. The molecule has 0 aromatic carbocycles. The third kappa shape index (κ3) is 2.37. The molecule has 0 bridgehead atoms. The third-order valence-corrected chi connectivity index (χ3v) is 4.18. The van der Waals surface area contributed by atoms with Crippen LogP contribution in [-0.2, 0) is 4.79 Å². The van der Waals surface area contributed by atoms with Crippen LogP contribution in [-0.4, -0.2) is 27.5 Å². The zero-order valence-corrected chi connectivity index (χ0v) is 10.8. The lowest BCUT2D eigenvalue weighted by Gasteiger charge is -2.36. The number of hydrogen-bond acceptors (Lipinski definition) is 5. The molecule has 1 heterocycles.